The minimum atomic E-state index is -5.70. The Kier molecular flexibility index (Phi) is 7.90. The first-order chi connectivity index (χ1) is 9.41. The SMILES string of the molecule is CO[Si](C)(C)CCCCCC/C([O-])=N/S(=O)(=O)C(F)(F)F. The smallest absolute Gasteiger partial charge is 0.518 e. The molecule has 0 radical (unpaired) electrons. The normalized spacial score (nSPS) is 14.5. The zero-order valence-corrected chi connectivity index (χ0v) is 14.2. The molecule has 21 heavy (non-hydrogen) atoms. The van der Waals surface area contributed by atoms with Crippen molar-refractivity contribution < 1.29 is 31.1 Å². The Morgan fingerprint density at radius 1 is 1.19 bits per heavy atom. The van der Waals surface area contributed by atoms with E-state index in [2.05, 4.69) is 17.5 Å². The Labute approximate surface area is 124 Å². The van der Waals surface area contributed by atoms with E-state index in [1.165, 1.54) is 0 Å². The maximum atomic E-state index is 12.0. The average Bonchev–Trinajstić information content (AvgIpc) is 2.31. The lowest BCUT2D eigenvalue weighted by atomic mass is 10.1. The third-order valence-electron chi connectivity index (χ3n) is 2.99. The van der Waals surface area contributed by atoms with E-state index < -0.39 is 29.7 Å². The summed E-state index contributed by atoms with van der Waals surface area (Å²) in [6, 6.07) is 0.963. The Morgan fingerprint density at radius 3 is 2.19 bits per heavy atom. The molecule has 0 aromatic rings. The average molecular weight is 348 g/mol. The molecule has 0 atom stereocenters. The van der Waals surface area contributed by atoms with Gasteiger partial charge in [-0.15, -0.1) is 0 Å². The summed E-state index contributed by atoms with van der Waals surface area (Å²) in [7, 11) is -5.63. The molecule has 0 amide bonds. The number of unbranched alkanes of at least 4 members (excludes halogenated alkanes) is 3. The van der Waals surface area contributed by atoms with E-state index in [4.69, 9.17) is 4.43 Å². The molecule has 0 aliphatic carbocycles. The molecule has 0 heterocycles. The summed E-state index contributed by atoms with van der Waals surface area (Å²) >= 11 is 0. The molecule has 0 spiro atoms. The van der Waals surface area contributed by atoms with Crippen LogP contribution in [0.4, 0.5) is 13.2 Å². The van der Waals surface area contributed by atoms with Crippen molar-refractivity contribution in [2.24, 2.45) is 4.40 Å². The molecule has 0 N–H and O–H groups in total. The van der Waals surface area contributed by atoms with Gasteiger partial charge in [0.15, 0.2) is 8.32 Å². The fourth-order valence-electron chi connectivity index (χ4n) is 1.51. The molecule has 0 aliphatic heterocycles. The third kappa shape index (κ3) is 8.42. The Hall–Kier alpha value is -0.613. The predicted octanol–water partition coefficient (Wildman–Crippen LogP) is 2.40. The van der Waals surface area contributed by atoms with Crippen LogP contribution in [0.2, 0.25) is 19.1 Å². The molecule has 0 bridgehead atoms. The van der Waals surface area contributed by atoms with Crippen LogP contribution < -0.4 is 5.11 Å². The maximum absolute atomic E-state index is 12.0. The lowest BCUT2D eigenvalue weighted by molar-refractivity contribution is -0.218. The highest BCUT2D eigenvalue weighted by Crippen LogP contribution is 2.24. The van der Waals surface area contributed by atoms with Crippen LogP contribution in [-0.4, -0.2) is 35.3 Å². The summed E-state index contributed by atoms with van der Waals surface area (Å²) < 4.78 is 64.8. The minimum absolute atomic E-state index is 0.291. The molecule has 0 rings (SSSR count). The van der Waals surface area contributed by atoms with Crippen LogP contribution in [0.5, 0.6) is 0 Å². The van der Waals surface area contributed by atoms with E-state index in [0.29, 0.717) is 12.8 Å². The molecule has 0 aromatic heterocycles. The summed E-state index contributed by atoms with van der Waals surface area (Å²) in [6.07, 6.45) is 2.41. The summed E-state index contributed by atoms with van der Waals surface area (Å²) in [6.45, 7) is 4.16. The number of alkyl halides is 3. The van der Waals surface area contributed by atoms with Gasteiger partial charge in [0.2, 0.25) is 0 Å². The van der Waals surface area contributed by atoms with Gasteiger partial charge in [-0.2, -0.15) is 26.0 Å². The largest absolute Gasteiger partial charge is 0.861 e. The first-order valence-electron chi connectivity index (χ1n) is 6.53. The fourth-order valence-corrected chi connectivity index (χ4v) is 3.28. The van der Waals surface area contributed by atoms with Crippen LogP contribution in [0.1, 0.15) is 32.1 Å². The molecule has 10 heteroatoms. The van der Waals surface area contributed by atoms with E-state index >= 15 is 0 Å². The first-order valence-corrected chi connectivity index (χ1v) is 11.1. The first kappa shape index (κ1) is 20.4. The van der Waals surface area contributed by atoms with Crippen molar-refractivity contribution in [1.29, 1.82) is 0 Å². The molecule has 0 aliphatic rings. The van der Waals surface area contributed by atoms with Gasteiger partial charge in [0.05, 0.1) is 0 Å². The zero-order chi connectivity index (χ0) is 16.7. The van der Waals surface area contributed by atoms with Crippen molar-refractivity contribution in [3.05, 3.63) is 0 Å². The Balaban J connectivity index is 4.04. The number of hydrogen-bond acceptors (Lipinski definition) is 4. The van der Waals surface area contributed by atoms with Crippen molar-refractivity contribution in [3.8, 4) is 0 Å². The molecule has 126 valence electrons. The molecule has 0 saturated carbocycles. The Bertz CT molecular complexity index is 449. The highest BCUT2D eigenvalue weighted by molar-refractivity contribution is 7.91. The van der Waals surface area contributed by atoms with Crippen molar-refractivity contribution in [2.45, 2.75) is 56.8 Å². The van der Waals surface area contributed by atoms with Crippen LogP contribution in [-0.2, 0) is 14.4 Å². The van der Waals surface area contributed by atoms with Gasteiger partial charge in [0, 0.05) is 7.11 Å². The second kappa shape index (κ2) is 8.13. The third-order valence-corrected chi connectivity index (χ3v) is 6.68. The van der Waals surface area contributed by atoms with Crippen molar-refractivity contribution in [2.75, 3.05) is 7.11 Å². The molecule has 0 saturated heterocycles. The van der Waals surface area contributed by atoms with Gasteiger partial charge in [-0.3, -0.25) is 0 Å². The monoisotopic (exact) mass is 348 g/mol. The van der Waals surface area contributed by atoms with E-state index in [9.17, 15) is 26.7 Å². The van der Waals surface area contributed by atoms with Gasteiger partial charge >= 0.3 is 15.5 Å². The molecular weight excluding hydrogens is 327 g/mol. The van der Waals surface area contributed by atoms with Gasteiger partial charge < -0.3 is 9.53 Å². The van der Waals surface area contributed by atoms with Gasteiger partial charge in [0.25, 0.3) is 0 Å². The summed E-state index contributed by atoms with van der Waals surface area (Å²) in [5.74, 6) is -1.25. The van der Waals surface area contributed by atoms with Gasteiger partial charge in [-0.05, 0) is 37.9 Å². The second-order valence-corrected chi connectivity index (χ2v) is 11.3. The molecule has 0 unspecified atom stereocenters. The van der Waals surface area contributed by atoms with Gasteiger partial charge in [0.1, 0.15) is 0 Å². The van der Waals surface area contributed by atoms with Crippen LogP contribution in [0.25, 0.3) is 0 Å². The van der Waals surface area contributed by atoms with Crippen molar-refractivity contribution in [1.82, 2.24) is 0 Å². The maximum Gasteiger partial charge on any atom is 0.518 e. The number of hydrogen-bond donors (Lipinski definition) is 0. The van der Waals surface area contributed by atoms with Gasteiger partial charge in [-0.1, -0.05) is 19.3 Å². The minimum Gasteiger partial charge on any atom is -0.861 e. The zero-order valence-electron chi connectivity index (χ0n) is 12.4. The quantitative estimate of drug-likeness (QED) is 0.277. The van der Waals surface area contributed by atoms with Crippen LogP contribution >= 0.6 is 0 Å². The topological polar surface area (TPSA) is 78.8 Å². The summed E-state index contributed by atoms with van der Waals surface area (Å²) in [5.41, 5.74) is -5.51. The number of rotatable bonds is 9. The molecule has 5 nitrogen and oxygen atoms in total. The van der Waals surface area contributed by atoms with Crippen molar-refractivity contribution in [3.63, 3.8) is 0 Å². The van der Waals surface area contributed by atoms with E-state index in [1.54, 1.807) is 7.11 Å². The highest BCUT2D eigenvalue weighted by atomic mass is 32.2. The van der Waals surface area contributed by atoms with Crippen LogP contribution in [0.15, 0.2) is 4.40 Å². The standard InChI is InChI=1S/C11H22F3NO4SSi/c1-19-21(2,3)9-7-5-4-6-8-10(16)15-20(17,18)11(12,13)14/h4-9H2,1-3H3,(H,15,16)/p-1. The number of sulfonamides is 1. The Morgan fingerprint density at radius 2 is 1.71 bits per heavy atom. The second-order valence-electron chi connectivity index (χ2n) is 5.28. The van der Waals surface area contributed by atoms with E-state index in [1.807, 2.05) is 0 Å². The predicted molar refractivity (Wildman–Crippen MR) is 74.8 cm³/mol. The van der Waals surface area contributed by atoms with Crippen molar-refractivity contribution >= 4 is 24.2 Å². The number of halogens is 3. The molecule has 0 fully saturated rings. The van der Waals surface area contributed by atoms with E-state index in [-0.39, 0.29) is 6.42 Å². The molecular formula is C11H21F3NO4SSi-. The van der Waals surface area contributed by atoms with Gasteiger partial charge in [-0.25, -0.2) is 0 Å². The van der Waals surface area contributed by atoms with E-state index in [0.717, 1.165) is 18.9 Å². The lowest BCUT2D eigenvalue weighted by Gasteiger charge is -2.19. The fraction of sp³-hybridized carbons (Fsp3) is 0.909. The van der Waals surface area contributed by atoms with Crippen LogP contribution in [0.3, 0.4) is 0 Å². The number of nitrogens with zero attached hydrogens (tertiary/aromatic N) is 1. The van der Waals surface area contributed by atoms with Crippen LogP contribution in [0, 0.1) is 0 Å². The highest BCUT2D eigenvalue weighted by Gasteiger charge is 2.45. The lowest BCUT2D eigenvalue weighted by Crippen LogP contribution is -2.27. The summed E-state index contributed by atoms with van der Waals surface area (Å²) in [4.78, 5) is 0. The molecule has 0 aromatic carbocycles. The summed E-state index contributed by atoms with van der Waals surface area (Å²) in [5, 5.41) is 11.1.